The lowest BCUT2D eigenvalue weighted by molar-refractivity contribution is 0.112. The van der Waals surface area contributed by atoms with Crippen LogP contribution >= 0.6 is 22.9 Å². The molecule has 0 atom stereocenters. The smallest absolute Gasteiger partial charge is 0.171 e. The van der Waals surface area contributed by atoms with Crippen LogP contribution < -0.4 is 4.90 Å². The minimum Gasteiger partial charge on any atom is -0.368 e. The maximum absolute atomic E-state index is 10.9. The fraction of sp³-hybridized carbons (Fsp3) is 0.167. The quantitative estimate of drug-likeness (QED) is 0.799. The van der Waals surface area contributed by atoms with Crippen LogP contribution in [0.2, 0.25) is 5.02 Å². The largest absolute Gasteiger partial charge is 0.368 e. The molecule has 17 heavy (non-hydrogen) atoms. The van der Waals surface area contributed by atoms with Crippen LogP contribution in [-0.2, 0) is 0 Å². The maximum atomic E-state index is 10.9. The molecule has 0 aliphatic rings. The average Bonchev–Trinajstić information content (AvgIpc) is 2.74. The predicted octanol–water partition coefficient (Wildman–Crippen LogP) is 3.34. The van der Waals surface area contributed by atoms with E-state index in [4.69, 9.17) is 11.6 Å². The van der Waals surface area contributed by atoms with Crippen molar-refractivity contribution in [3.63, 3.8) is 0 Å². The molecule has 0 spiro atoms. The molecule has 2 aromatic rings. The Hall–Kier alpha value is -1.39. The Labute approximate surface area is 109 Å². The first-order valence-electron chi connectivity index (χ1n) is 5.01. The van der Waals surface area contributed by atoms with Crippen molar-refractivity contribution in [2.75, 3.05) is 19.0 Å². The highest BCUT2D eigenvalue weighted by molar-refractivity contribution is 7.19. The van der Waals surface area contributed by atoms with E-state index in [0.29, 0.717) is 10.7 Å². The van der Waals surface area contributed by atoms with Gasteiger partial charge in [0.15, 0.2) is 6.29 Å². The molecule has 0 saturated heterocycles. The van der Waals surface area contributed by atoms with E-state index in [-0.39, 0.29) is 0 Å². The molecule has 1 aromatic heterocycles. The Bertz CT molecular complexity index is 534. The number of rotatable bonds is 3. The molecule has 0 bridgehead atoms. The lowest BCUT2D eigenvalue weighted by atomic mass is 10.2. The lowest BCUT2D eigenvalue weighted by Gasteiger charge is -2.07. The van der Waals surface area contributed by atoms with Crippen LogP contribution in [0.4, 0.5) is 5.00 Å². The van der Waals surface area contributed by atoms with Gasteiger partial charge >= 0.3 is 0 Å². The van der Waals surface area contributed by atoms with Gasteiger partial charge in [-0.3, -0.25) is 4.79 Å². The predicted molar refractivity (Wildman–Crippen MR) is 72.3 cm³/mol. The molecule has 1 heterocycles. The SMILES string of the molecule is CN(C)c1sc(-c2ccc(Cl)cc2)nc1C=O. The second kappa shape index (κ2) is 4.85. The fourth-order valence-corrected chi connectivity index (χ4v) is 2.52. The topological polar surface area (TPSA) is 33.2 Å². The first-order chi connectivity index (χ1) is 8.11. The number of aromatic nitrogens is 1. The average molecular weight is 267 g/mol. The zero-order valence-electron chi connectivity index (χ0n) is 9.48. The van der Waals surface area contributed by atoms with E-state index in [2.05, 4.69) is 4.98 Å². The molecule has 0 unspecified atom stereocenters. The second-order valence-electron chi connectivity index (χ2n) is 3.73. The number of aldehydes is 1. The third kappa shape index (κ3) is 2.48. The van der Waals surface area contributed by atoms with Gasteiger partial charge in [-0.2, -0.15) is 0 Å². The maximum Gasteiger partial charge on any atom is 0.171 e. The molecule has 2 rings (SSSR count). The first kappa shape index (κ1) is 12.1. The summed E-state index contributed by atoms with van der Waals surface area (Å²) in [6.07, 6.45) is 0.783. The summed E-state index contributed by atoms with van der Waals surface area (Å²) in [6.45, 7) is 0. The van der Waals surface area contributed by atoms with Gasteiger partial charge in [-0.1, -0.05) is 35.1 Å². The Balaban J connectivity index is 2.46. The Morgan fingerprint density at radius 2 is 1.94 bits per heavy atom. The number of anilines is 1. The zero-order chi connectivity index (χ0) is 12.4. The molecular weight excluding hydrogens is 256 g/mol. The first-order valence-corrected chi connectivity index (χ1v) is 6.20. The highest BCUT2D eigenvalue weighted by Crippen LogP contribution is 2.33. The Morgan fingerprint density at radius 1 is 1.29 bits per heavy atom. The summed E-state index contributed by atoms with van der Waals surface area (Å²) >= 11 is 7.32. The van der Waals surface area contributed by atoms with Gasteiger partial charge in [0.05, 0.1) is 0 Å². The number of carbonyl (C=O) groups excluding carboxylic acids is 1. The molecule has 0 fully saturated rings. The minimum absolute atomic E-state index is 0.477. The van der Waals surface area contributed by atoms with Gasteiger partial charge in [-0.15, -0.1) is 0 Å². The normalized spacial score (nSPS) is 10.3. The summed E-state index contributed by atoms with van der Waals surface area (Å²) in [6, 6.07) is 7.42. The van der Waals surface area contributed by atoms with E-state index < -0.39 is 0 Å². The van der Waals surface area contributed by atoms with Crippen molar-refractivity contribution in [2.24, 2.45) is 0 Å². The fourth-order valence-electron chi connectivity index (χ4n) is 1.44. The third-order valence-corrected chi connectivity index (χ3v) is 3.78. The number of hydrogen-bond acceptors (Lipinski definition) is 4. The van der Waals surface area contributed by atoms with E-state index in [1.54, 1.807) is 0 Å². The van der Waals surface area contributed by atoms with E-state index in [1.165, 1.54) is 11.3 Å². The number of hydrogen-bond donors (Lipinski definition) is 0. The van der Waals surface area contributed by atoms with Crippen LogP contribution in [0.5, 0.6) is 0 Å². The highest BCUT2D eigenvalue weighted by atomic mass is 35.5. The summed E-state index contributed by atoms with van der Waals surface area (Å²) in [5.41, 5.74) is 1.44. The van der Waals surface area contributed by atoms with Crippen molar-refractivity contribution in [3.8, 4) is 10.6 Å². The van der Waals surface area contributed by atoms with Crippen molar-refractivity contribution in [2.45, 2.75) is 0 Å². The molecule has 0 aliphatic heterocycles. The van der Waals surface area contributed by atoms with Crippen LogP contribution in [0.25, 0.3) is 10.6 Å². The summed E-state index contributed by atoms with van der Waals surface area (Å²) in [4.78, 5) is 17.1. The molecule has 0 N–H and O–H groups in total. The van der Waals surface area contributed by atoms with Crippen LogP contribution in [-0.4, -0.2) is 25.4 Å². The molecular formula is C12H11ClN2OS. The summed E-state index contributed by atoms with van der Waals surface area (Å²) in [5.74, 6) is 0. The van der Waals surface area contributed by atoms with Crippen LogP contribution in [0.1, 0.15) is 10.5 Å². The second-order valence-corrected chi connectivity index (χ2v) is 5.14. The summed E-state index contributed by atoms with van der Waals surface area (Å²) in [7, 11) is 3.79. The van der Waals surface area contributed by atoms with Crippen molar-refractivity contribution in [1.82, 2.24) is 4.98 Å². The van der Waals surface area contributed by atoms with Gasteiger partial charge in [-0.25, -0.2) is 4.98 Å². The number of thiazole rings is 1. The number of halogens is 1. The van der Waals surface area contributed by atoms with Gasteiger partial charge in [0.1, 0.15) is 15.7 Å². The van der Waals surface area contributed by atoms with Crippen molar-refractivity contribution < 1.29 is 4.79 Å². The summed E-state index contributed by atoms with van der Waals surface area (Å²) in [5, 5.41) is 2.38. The van der Waals surface area contributed by atoms with Crippen molar-refractivity contribution >= 4 is 34.2 Å². The molecule has 1 aromatic carbocycles. The van der Waals surface area contributed by atoms with Gasteiger partial charge < -0.3 is 4.90 Å². The molecule has 0 saturated carbocycles. The standard InChI is InChI=1S/C12H11ClN2OS/c1-15(2)12-10(7-16)14-11(17-12)8-3-5-9(13)6-4-8/h3-7H,1-2H3. The van der Waals surface area contributed by atoms with Crippen LogP contribution in [0, 0.1) is 0 Å². The van der Waals surface area contributed by atoms with Crippen LogP contribution in [0.15, 0.2) is 24.3 Å². The molecule has 0 aliphatic carbocycles. The Morgan fingerprint density at radius 3 is 2.41 bits per heavy atom. The van der Waals surface area contributed by atoms with E-state index in [0.717, 1.165) is 21.9 Å². The van der Waals surface area contributed by atoms with Gasteiger partial charge in [-0.05, 0) is 12.1 Å². The van der Waals surface area contributed by atoms with Gasteiger partial charge in [0.2, 0.25) is 0 Å². The van der Waals surface area contributed by atoms with E-state index >= 15 is 0 Å². The van der Waals surface area contributed by atoms with E-state index in [1.807, 2.05) is 43.3 Å². The molecule has 0 amide bonds. The van der Waals surface area contributed by atoms with Crippen LogP contribution in [0.3, 0.4) is 0 Å². The number of carbonyl (C=O) groups is 1. The summed E-state index contributed by atoms with van der Waals surface area (Å²) < 4.78 is 0. The van der Waals surface area contributed by atoms with E-state index in [9.17, 15) is 4.79 Å². The monoisotopic (exact) mass is 266 g/mol. The van der Waals surface area contributed by atoms with Gasteiger partial charge in [0.25, 0.3) is 0 Å². The molecule has 88 valence electrons. The zero-order valence-corrected chi connectivity index (χ0v) is 11.0. The molecule has 5 heteroatoms. The number of benzene rings is 1. The minimum atomic E-state index is 0.477. The van der Waals surface area contributed by atoms with Gasteiger partial charge in [0, 0.05) is 24.7 Å². The number of nitrogens with zero attached hydrogens (tertiary/aromatic N) is 2. The third-order valence-electron chi connectivity index (χ3n) is 2.24. The molecule has 0 radical (unpaired) electrons. The highest BCUT2D eigenvalue weighted by Gasteiger charge is 2.13. The molecule has 3 nitrogen and oxygen atoms in total. The van der Waals surface area contributed by atoms with Crippen molar-refractivity contribution in [1.29, 1.82) is 0 Å². The van der Waals surface area contributed by atoms with Crippen molar-refractivity contribution in [3.05, 3.63) is 35.0 Å². The Kier molecular flexibility index (Phi) is 3.45. The lowest BCUT2D eigenvalue weighted by Crippen LogP contribution is -2.08.